The van der Waals surface area contributed by atoms with E-state index < -0.39 is 0 Å². The highest BCUT2D eigenvalue weighted by molar-refractivity contribution is 8.01. The minimum Gasteiger partial charge on any atom is -0.341 e. The van der Waals surface area contributed by atoms with Crippen molar-refractivity contribution in [3.05, 3.63) is 0 Å². The summed E-state index contributed by atoms with van der Waals surface area (Å²) in [5.74, 6) is 0.901. The molecule has 9 heteroatoms. The summed E-state index contributed by atoms with van der Waals surface area (Å²) in [7, 11) is 3.26. The largest absolute Gasteiger partial charge is 0.341 e. The van der Waals surface area contributed by atoms with Crippen LogP contribution in [0.2, 0.25) is 0 Å². The molecule has 0 unspecified atom stereocenters. The van der Waals surface area contributed by atoms with Crippen LogP contribution in [0.5, 0.6) is 0 Å². The predicted octanol–water partition coefficient (Wildman–Crippen LogP) is -0.0753. The molecule has 1 aromatic rings. The smallest absolute Gasteiger partial charge is 0.323 e. The molecular formula is C9H16N6OS2. The molecule has 1 aromatic heterocycles. The molecule has 0 atom stereocenters. The van der Waals surface area contributed by atoms with Gasteiger partial charge in [0.05, 0.1) is 6.17 Å². The van der Waals surface area contributed by atoms with Crippen LogP contribution >= 0.6 is 23.1 Å². The molecule has 1 fully saturated rings. The number of urea groups is 1. The molecule has 0 aliphatic carbocycles. The fourth-order valence-corrected chi connectivity index (χ4v) is 3.33. The number of anilines is 1. The van der Waals surface area contributed by atoms with E-state index in [1.54, 1.807) is 25.9 Å². The maximum absolute atomic E-state index is 11.4. The van der Waals surface area contributed by atoms with Crippen molar-refractivity contribution in [1.29, 1.82) is 0 Å². The molecular weight excluding hydrogens is 272 g/mol. The lowest BCUT2D eigenvalue weighted by Gasteiger charge is -2.11. The van der Waals surface area contributed by atoms with E-state index in [-0.39, 0.29) is 6.03 Å². The maximum Gasteiger partial charge on any atom is 0.323 e. The van der Waals surface area contributed by atoms with Crippen molar-refractivity contribution < 1.29 is 4.79 Å². The van der Waals surface area contributed by atoms with Crippen LogP contribution in [0.4, 0.5) is 9.93 Å². The molecule has 0 saturated carbocycles. The monoisotopic (exact) mass is 288 g/mol. The maximum atomic E-state index is 11.4. The van der Waals surface area contributed by atoms with Gasteiger partial charge in [-0.1, -0.05) is 23.1 Å². The second-order valence-electron chi connectivity index (χ2n) is 3.74. The number of hydrogen-bond donors (Lipinski definition) is 3. The van der Waals surface area contributed by atoms with Crippen LogP contribution in [0.3, 0.4) is 0 Å². The molecule has 2 amide bonds. The molecule has 2 heterocycles. The Labute approximate surface area is 114 Å². The standard InChI is InChI=1S/C9H16N6OS2/c1-10-7(16)15(2)8-13-14-9(18-8)17-5-6-11-3-4-12-6/h6,11-12H,3-5H2,1-2H3,(H,10,16). The van der Waals surface area contributed by atoms with Crippen molar-refractivity contribution in [3.8, 4) is 0 Å². The molecule has 1 aliphatic heterocycles. The van der Waals surface area contributed by atoms with Crippen LogP contribution in [-0.2, 0) is 0 Å². The summed E-state index contributed by atoms with van der Waals surface area (Å²) in [4.78, 5) is 12.9. The number of carbonyl (C=O) groups excluding carboxylic acids is 1. The number of rotatable bonds is 4. The zero-order valence-electron chi connectivity index (χ0n) is 10.3. The molecule has 7 nitrogen and oxygen atoms in total. The highest BCUT2D eigenvalue weighted by Crippen LogP contribution is 2.27. The van der Waals surface area contributed by atoms with Crippen molar-refractivity contribution >= 4 is 34.3 Å². The third-order valence-corrected chi connectivity index (χ3v) is 4.71. The third-order valence-electron chi connectivity index (χ3n) is 2.48. The SMILES string of the molecule is CNC(=O)N(C)c1nnc(SCC2NCCN2)s1. The summed E-state index contributed by atoms with van der Waals surface area (Å²) in [5, 5.41) is 17.9. The second-order valence-corrected chi connectivity index (χ2v) is 5.96. The van der Waals surface area contributed by atoms with Gasteiger partial charge in [-0.15, -0.1) is 10.2 Å². The van der Waals surface area contributed by atoms with E-state index in [2.05, 4.69) is 26.1 Å². The normalized spacial score (nSPS) is 15.9. The summed E-state index contributed by atoms with van der Waals surface area (Å²) in [5.41, 5.74) is 0. The van der Waals surface area contributed by atoms with Crippen LogP contribution < -0.4 is 20.9 Å². The van der Waals surface area contributed by atoms with E-state index in [0.717, 1.165) is 23.2 Å². The van der Waals surface area contributed by atoms with Crippen molar-refractivity contribution in [3.63, 3.8) is 0 Å². The second kappa shape index (κ2) is 6.32. The Balaban J connectivity index is 1.87. The Morgan fingerprint density at radius 3 is 2.94 bits per heavy atom. The van der Waals surface area contributed by atoms with Gasteiger partial charge < -0.3 is 5.32 Å². The van der Waals surface area contributed by atoms with Gasteiger partial charge in [-0.2, -0.15) is 0 Å². The van der Waals surface area contributed by atoms with Crippen molar-refractivity contribution in [2.45, 2.75) is 10.5 Å². The van der Waals surface area contributed by atoms with Gasteiger partial charge in [0.25, 0.3) is 0 Å². The Morgan fingerprint density at radius 2 is 2.28 bits per heavy atom. The number of thioether (sulfide) groups is 1. The Kier molecular flexibility index (Phi) is 4.75. The van der Waals surface area contributed by atoms with Crippen LogP contribution in [0.1, 0.15) is 0 Å². The highest BCUT2D eigenvalue weighted by atomic mass is 32.2. The van der Waals surface area contributed by atoms with Crippen LogP contribution in [0.15, 0.2) is 4.34 Å². The van der Waals surface area contributed by atoms with Crippen molar-refractivity contribution in [2.24, 2.45) is 0 Å². The average molecular weight is 288 g/mol. The molecule has 18 heavy (non-hydrogen) atoms. The first-order valence-corrected chi connectivity index (χ1v) is 7.39. The Hall–Kier alpha value is -0.900. The molecule has 0 spiro atoms. The number of amides is 2. The minimum absolute atomic E-state index is 0.193. The fraction of sp³-hybridized carbons (Fsp3) is 0.667. The quantitative estimate of drug-likeness (QED) is 0.531. The minimum atomic E-state index is -0.193. The summed E-state index contributed by atoms with van der Waals surface area (Å²) < 4.78 is 0.872. The lowest BCUT2D eigenvalue weighted by Crippen LogP contribution is -2.34. The first-order chi connectivity index (χ1) is 8.70. The molecule has 3 N–H and O–H groups in total. The molecule has 0 bridgehead atoms. The average Bonchev–Trinajstić information content (AvgIpc) is 3.05. The zero-order valence-corrected chi connectivity index (χ0v) is 11.9. The van der Waals surface area contributed by atoms with Crippen molar-refractivity contribution in [1.82, 2.24) is 26.1 Å². The van der Waals surface area contributed by atoms with E-state index in [9.17, 15) is 4.79 Å². The third kappa shape index (κ3) is 3.31. The van der Waals surface area contributed by atoms with E-state index in [1.807, 2.05) is 0 Å². The zero-order chi connectivity index (χ0) is 13.0. The van der Waals surface area contributed by atoms with Gasteiger partial charge in [-0.05, 0) is 0 Å². The molecule has 0 radical (unpaired) electrons. The Morgan fingerprint density at radius 1 is 1.56 bits per heavy atom. The molecule has 1 saturated heterocycles. The summed E-state index contributed by atoms with van der Waals surface area (Å²) in [6.07, 6.45) is 0.332. The first kappa shape index (κ1) is 13.5. The molecule has 100 valence electrons. The predicted molar refractivity (Wildman–Crippen MR) is 73.3 cm³/mol. The van der Waals surface area contributed by atoms with Gasteiger partial charge in [0, 0.05) is 32.9 Å². The number of aromatic nitrogens is 2. The van der Waals surface area contributed by atoms with E-state index in [0.29, 0.717) is 11.3 Å². The molecule has 0 aromatic carbocycles. The summed E-state index contributed by atoms with van der Waals surface area (Å²) in [6.45, 7) is 2.01. The van der Waals surface area contributed by atoms with Crippen LogP contribution in [0, 0.1) is 0 Å². The van der Waals surface area contributed by atoms with Gasteiger partial charge in [0.1, 0.15) is 0 Å². The van der Waals surface area contributed by atoms with Gasteiger partial charge in [0.2, 0.25) is 5.13 Å². The molecule has 1 aliphatic rings. The molecule has 2 rings (SSSR count). The lowest BCUT2D eigenvalue weighted by atomic mass is 10.6. The Bertz CT molecular complexity index is 406. The van der Waals surface area contributed by atoms with Gasteiger partial charge in [0.15, 0.2) is 4.34 Å². The fourth-order valence-electron chi connectivity index (χ4n) is 1.49. The van der Waals surface area contributed by atoms with Crippen molar-refractivity contribution in [2.75, 3.05) is 37.8 Å². The van der Waals surface area contributed by atoms with E-state index in [4.69, 9.17) is 0 Å². The van der Waals surface area contributed by atoms with Crippen LogP contribution in [0.25, 0.3) is 0 Å². The first-order valence-electron chi connectivity index (χ1n) is 5.59. The van der Waals surface area contributed by atoms with E-state index in [1.165, 1.54) is 16.2 Å². The highest BCUT2D eigenvalue weighted by Gasteiger charge is 2.17. The van der Waals surface area contributed by atoms with Gasteiger partial charge >= 0.3 is 6.03 Å². The number of nitrogens with one attached hydrogen (secondary N) is 3. The van der Waals surface area contributed by atoms with Crippen LogP contribution in [-0.4, -0.2) is 55.3 Å². The number of hydrogen-bond acceptors (Lipinski definition) is 7. The summed E-state index contributed by atoms with van der Waals surface area (Å²) >= 11 is 3.06. The van der Waals surface area contributed by atoms with E-state index >= 15 is 0 Å². The van der Waals surface area contributed by atoms with Gasteiger partial charge in [-0.3, -0.25) is 15.5 Å². The summed E-state index contributed by atoms with van der Waals surface area (Å²) in [6, 6.07) is -0.193. The topological polar surface area (TPSA) is 82.2 Å². The van der Waals surface area contributed by atoms with Gasteiger partial charge in [-0.25, -0.2) is 4.79 Å². The number of carbonyl (C=O) groups is 1. The lowest BCUT2D eigenvalue weighted by molar-refractivity contribution is 0.249. The number of nitrogens with zero attached hydrogens (tertiary/aromatic N) is 3.